The molecule has 3 N–H and O–H groups in total. The normalized spacial score (nSPS) is 28.1. The van der Waals surface area contributed by atoms with Gasteiger partial charge in [0.2, 0.25) is 5.91 Å². The molecule has 1 aliphatic rings. The molecule has 0 aromatic heterocycles. The average molecular weight is 214 g/mol. The lowest BCUT2D eigenvalue weighted by Gasteiger charge is -2.18. The summed E-state index contributed by atoms with van der Waals surface area (Å²) < 4.78 is 5.42. The molecule has 0 radical (unpaired) electrons. The van der Waals surface area contributed by atoms with Crippen molar-refractivity contribution in [3.63, 3.8) is 0 Å². The largest absolute Gasteiger partial charge is 0.378 e. The van der Waals surface area contributed by atoms with Crippen molar-refractivity contribution in [2.45, 2.75) is 39.3 Å². The van der Waals surface area contributed by atoms with Crippen molar-refractivity contribution >= 4 is 5.91 Å². The van der Waals surface area contributed by atoms with E-state index in [-0.39, 0.29) is 17.9 Å². The summed E-state index contributed by atoms with van der Waals surface area (Å²) in [6.07, 6.45) is 1.28. The Morgan fingerprint density at radius 1 is 1.60 bits per heavy atom. The SMILES string of the molecule is CC(C)C(N)C(=O)NCC1CCOC1C. The number of carbonyl (C=O) groups excluding carboxylic acids is 1. The van der Waals surface area contributed by atoms with Crippen LogP contribution in [-0.2, 0) is 9.53 Å². The smallest absolute Gasteiger partial charge is 0.237 e. The third-order valence-corrected chi connectivity index (χ3v) is 3.09. The van der Waals surface area contributed by atoms with Crippen LogP contribution < -0.4 is 11.1 Å². The number of amides is 1. The molecule has 1 saturated heterocycles. The summed E-state index contributed by atoms with van der Waals surface area (Å²) in [6.45, 7) is 7.43. The minimum Gasteiger partial charge on any atom is -0.378 e. The van der Waals surface area contributed by atoms with Gasteiger partial charge in [0, 0.05) is 19.1 Å². The third-order valence-electron chi connectivity index (χ3n) is 3.09. The molecule has 1 aliphatic heterocycles. The van der Waals surface area contributed by atoms with Crippen LogP contribution in [0.3, 0.4) is 0 Å². The van der Waals surface area contributed by atoms with Crippen molar-refractivity contribution in [1.82, 2.24) is 5.32 Å². The molecule has 1 fully saturated rings. The summed E-state index contributed by atoms with van der Waals surface area (Å²) in [5.74, 6) is 0.569. The Morgan fingerprint density at radius 3 is 2.73 bits per heavy atom. The zero-order chi connectivity index (χ0) is 11.4. The highest BCUT2D eigenvalue weighted by molar-refractivity contribution is 5.81. The molecular formula is C11H22N2O2. The quantitative estimate of drug-likeness (QED) is 0.716. The zero-order valence-electron chi connectivity index (χ0n) is 9.82. The first-order valence-corrected chi connectivity index (χ1v) is 5.67. The number of nitrogens with one attached hydrogen (secondary N) is 1. The standard InChI is InChI=1S/C11H22N2O2/c1-7(2)10(12)11(14)13-6-9-4-5-15-8(9)3/h7-10H,4-6,12H2,1-3H3,(H,13,14). The lowest BCUT2D eigenvalue weighted by atomic mass is 10.0. The van der Waals surface area contributed by atoms with E-state index in [1.165, 1.54) is 0 Å². The molecule has 1 heterocycles. The molecule has 15 heavy (non-hydrogen) atoms. The Bertz CT molecular complexity index is 219. The van der Waals surface area contributed by atoms with Crippen LogP contribution in [0.2, 0.25) is 0 Å². The van der Waals surface area contributed by atoms with Crippen molar-refractivity contribution in [3.05, 3.63) is 0 Å². The number of hydrogen-bond donors (Lipinski definition) is 2. The summed E-state index contributed by atoms with van der Waals surface area (Å²) >= 11 is 0. The van der Waals surface area contributed by atoms with Gasteiger partial charge in [-0.15, -0.1) is 0 Å². The molecule has 3 unspecified atom stereocenters. The van der Waals surface area contributed by atoms with E-state index in [9.17, 15) is 4.79 Å². The number of hydrogen-bond acceptors (Lipinski definition) is 3. The number of nitrogens with two attached hydrogens (primary N) is 1. The van der Waals surface area contributed by atoms with Crippen LogP contribution in [0, 0.1) is 11.8 Å². The van der Waals surface area contributed by atoms with Gasteiger partial charge in [-0.1, -0.05) is 13.8 Å². The van der Waals surface area contributed by atoms with Crippen molar-refractivity contribution < 1.29 is 9.53 Å². The van der Waals surface area contributed by atoms with Gasteiger partial charge in [0.25, 0.3) is 0 Å². The summed E-state index contributed by atoms with van der Waals surface area (Å²) in [5.41, 5.74) is 5.74. The van der Waals surface area contributed by atoms with Crippen LogP contribution in [-0.4, -0.2) is 31.2 Å². The Labute approximate surface area is 91.5 Å². The second-order valence-corrected chi connectivity index (χ2v) is 4.64. The summed E-state index contributed by atoms with van der Waals surface area (Å²) in [4.78, 5) is 11.6. The maximum atomic E-state index is 11.6. The van der Waals surface area contributed by atoms with Gasteiger partial charge in [-0.05, 0) is 19.3 Å². The van der Waals surface area contributed by atoms with Crippen LogP contribution >= 0.6 is 0 Å². The van der Waals surface area contributed by atoms with Gasteiger partial charge in [-0.2, -0.15) is 0 Å². The second kappa shape index (κ2) is 5.47. The molecule has 0 bridgehead atoms. The van der Waals surface area contributed by atoms with Gasteiger partial charge in [0.15, 0.2) is 0 Å². The predicted octanol–water partition coefficient (Wildman–Crippen LogP) is 0.511. The molecule has 4 heteroatoms. The number of carbonyl (C=O) groups is 1. The first-order valence-electron chi connectivity index (χ1n) is 5.67. The van der Waals surface area contributed by atoms with Crippen LogP contribution in [0.15, 0.2) is 0 Å². The Balaban J connectivity index is 2.27. The van der Waals surface area contributed by atoms with Gasteiger partial charge in [0.05, 0.1) is 12.1 Å². The van der Waals surface area contributed by atoms with Crippen LogP contribution in [0.1, 0.15) is 27.2 Å². The van der Waals surface area contributed by atoms with Crippen LogP contribution in [0.25, 0.3) is 0 Å². The first-order chi connectivity index (χ1) is 7.02. The van der Waals surface area contributed by atoms with E-state index in [4.69, 9.17) is 10.5 Å². The minimum absolute atomic E-state index is 0.0518. The van der Waals surface area contributed by atoms with E-state index in [0.29, 0.717) is 12.5 Å². The van der Waals surface area contributed by atoms with E-state index >= 15 is 0 Å². The molecule has 0 aliphatic carbocycles. The van der Waals surface area contributed by atoms with E-state index in [1.807, 2.05) is 20.8 Å². The van der Waals surface area contributed by atoms with Gasteiger partial charge < -0.3 is 15.8 Å². The molecule has 0 saturated carbocycles. The number of rotatable bonds is 4. The molecule has 4 nitrogen and oxygen atoms in total. The second-order valence-electron chi connectivity index (χ2n) is 4.64. The fourth-order valence-corrected chi connectivity index (χ4v) is 1.70. The van der Waals surface area contributed by atoms with Gasteiger partial charge in [0.1, 0.15) is 0 Å². The van der Waals surface area contributed by atoms with Crippen molar-refractivity contribution in [1.29, 1.82) is 0 Å². The van der Waals surface area contributed by atoms with E-state index in [2.05, 4.69) is 5.32 Å². The highest BCUT2D eigenvalue weighted by Gasteiger charge is 2.25. The average Bonchev–Trinajstić information content (AvgIpc) is 2.59. The number of ether oxygens (including phenoxy) is 1. The Hall–Kier alpha value is -0.610. The predicted molar refractivity (Wildman–Crippen MR) is 59.3 cm³/mol. The zero-order valence-corrected chi connectivity index (χ0v) is 9.82. The first kappa shape index (κ1) is 12.5. The van der Waals surface area contributed by atoms with E-state index in [1.54, 1.807) is 0 Å². The van der Waals surface area contributed by atoms with Gasteiger partial charge in [-0.3, -0.25) is 4.79 Å². The molecule has 0 aromatic carbocycles. The van der Waals surface area contributed by atoms with Crippen molar-refractivity contribution in [2.75, 3.05) is 13.2 Å². The van der Waals surface area contributed by atoms with Crippen molar-refractivity contribution in [3.8, 4) is 0 Å². The van der Waals surface area contributed by atoms with Crippen LogP contribution in [0.4, 0.5) is 0 Å². The topological polar surface area (TPSA) is 64.4 Å². The summed E-state index contributed by atoms with van der Waals surface area (Å²) in [5, 5.41) is 2.89. The van der Waals surface area contributed by atoms with Gasteiger partial charge in [-0.25, -0.2) is 0 Å². The Morgan fingerprint density at radius 2 is 2.27 bits per heavy atom. The minimum atomic E-state index is -0.400. The molecule has 0 spiro atoms. The molecule has 0 aromatic rings. The highest BCUT2D eigenvalue weighted by atomic mass is 16.5. The molecular weight excluding hydrogens is 192 g/mol. The fraction of sp³-hybridized carbons (Fsp3) is 0.909. The summed E-state index contributed by atoms with van der Waals surface area (Å²) in [7, 11) is 0. The van der Waals surface area contributed by atoms with Gasteiger partial charge >= 0.3 is 0 Å². The summed E-state index contributed by atoms with van der Waals surface area (Å²) in [6, 6.07) is -0.400. The molecule has 1 rings (SSSR count). The van der Waals surface area contributed by atoms with Crippen LogP contribution in [0.5, 0.6) is 0 Å². The highest BCUT2D eigenvalue weighted by Crippen LogP contribution is 2.19. The molecule has 88 valence electrons. The van der Waals surface area contributed by atoms with E-state index < -0.39 is 6.04 Å². The lowest BCUT2D eigenvalue weighted by molar-refractivity contribution is -0.123. The fourth-order valence-electron chi connectivity index (χ4n) is 1.70. The monoisotopic (exact) mass is 214 g/mol. The van der Waals surface area contributed by atoms with E-state index in [0.717, 1.165) is 13.0 Å². The third kappa shape index (κ3) is 3.47. The molecule has 1 amide bonds. The maximum Gasteiger partial charge on any atom is 0.237 e. The van der Waals surface area contributed by atoms with Crippen molar-refractivity contribution in [2.24, 2.45) is 17.6 Å². The molecule has 3 atom stereocenters. The lowest BCUT2D eigenvalue weighted by Crippen LogP contribution is -2.45. The Kier molecular flexibility index (Phi) is 4.54. The maximum absolute atomic E-state index is 11.6.